The first-order valence-corrected chi connectivity index (χ1v) is 10.5. The highest BCUT2D eigenvalue weighted by Crippen LogP contribution is 2.29. The standard InChI is InChI=1S/C24H21F3N4O3/c1-14(2)22-29-23(34-30-22)18-11-21(33)31(19-6-4-3-5-17(18)19)13-20(32)28-12-15-7-9-16(10-8-15)24(25,26)27/h3-11,14H,12-13H2,1-2H3,(H,28,32). The smallest absolute Gasteiger partial charge is 0.350 e. The summed E-state index contributed by atoms with van der Waals surface area (Å²) < 4.78 is 44.8. The fraction of sp³-hybridized carbons (Fsp3) is 0.250. The minimum absolute atomic E-state index is 0.0295. The highest BCUT2D eigenvalue weighted by Gasteiger charge is 2.29. The number of nitrogens with one attached hydrogen (secondary N) is 1. The summed E-state index contributed by atoms with van der Waals surface area (Å²) in [5, 5.41) is 7.25. The Kier molecular flexibility index (Phi) is 6.23. The van der Waals surface area contributed by atoms with E-state index >= 15 is 0 Å². The van der Waals surface area contributed by atoms with Crippen molar-refractivity contribution in [2.45, 2.75) is 39.0 Å². The molecule has 0 spiro atoms. The number of hydrogen-bond donors (Lipinski definition) is 1. The van der Waals surface area contributed by atoms with Crippen molar-refractivity contribution in [3.05, 3.63) is 81.9 Å². The molecule has 0 aliphatic rings. The van der Waals surface area contributed by atoms with Gasteiger partial charge in [0.1, 0.15) is 6.54 Å². The van der Waals surface area contributed by atoms with E-state index in [1.54, 1.807) is 24.3 Å². The minimum Gasteiger partial charge on any atom is -0.350 e. The lowest BCUT2D eigenvalue weighted by molar-refractivity contribution is -0.137. The third-order valence-corrected chi connectivity index (χ3v) is 5.28. The second-order valence-electron chi connectivity index (χ2n) is 8.08. The van der Waals surface area contributed by atoms with Gasteiger partial charge in [0.05, 0.1) is 16.6 Å². The number of pyridine rings is 1. The van der Waals surface area contributed by atoms with Crippen molar-refractivity contribution in [1.82, 2.24) is 20.0 Å². The summed E-state index contributed by atoms with van der Waals surface area (Å²) in [6.45, 7) is 3.62. The number of para-hydroxylation sites is 1. The molecular formula is C24H21F3N4O3. The van der Waals surface area contributed by atoms with Crippen LogP contribution in [-0.4, -0.2) is 20.6 Å². The van der Waals surface area contributed by atoms with Crippen LogP contribution in [0, 0.1) is 0 Å². The van der Waals surface area contributed by atoms with Gasteiger partial charge in [-0.25, -0.2) is 0 Å². The van der Waals surface area contributed by atoms with Crippen molar-refractivity contribution in [2.75, 3.05) is 0 Å². The van der Waals surface area contributed by atoms with Gasteiger partial charge in [0.2, 0.25) is 5.91 Å². The number of amides is 1. The fourth-order valence-corrected chi connectivity index (χ4v) is 3.47. The highest BCUT2D eigenvalue weighted by atomic mass is 19.4. The average Bonchev–Trinajstić information content (AvgIpc) is 3.29. The zero-order chi connectivity index (χ0) is 24.5. The predicted octanol–water partition coefficient (Wildman–Crippen LogP) is 4.51. The van der Waals surface area contributed by atoms with Gasteiger partial charge in [-0.3, -0.25) is 14.2 Å². The second kappa shape index (κ2) is 9.12. The van der Waals surface area contributed by atoms with Crippen molar-refractivity contribution < 1.29 is 22.5 Å². The van der Waals surface area contributed by atoms with Crippen molar-refractivity contribution in [3.8, 4) is 11.5 Å². The summed E-state index contributed by atoms with van der Waals surface area (Å²) in [5.74, 6) is 0.332. The number of carbonyl (C=O) groups is 1. The normalized spacial score (nSPS) is 11.8. The van der Waals surface area contributed by atoms with Gasteiger partial charge in [0.25, 0.3) is 11.4 Å². The SMILES string of the molecule is CC(C)c1noc(-c2cc(=O)n(CC(=O)NCc3ccc(C(F)(F)F)cc3)c3ccccc23)n1. The van der Waals surface area contributed by atoms with E-state index < -0.39 is 23.2 Å². The molecular weight excluding hydrogens is 449 g/mol. The molecule has 2 aromatic heterocycles. The molecule has 34 heavy (non-hydrogen) atoms. The number of rotatable bonds is 6. The quantitative estimate of drug-likeness (QED) is 0.448. The molecule has 4 rings (SSSR count). The van der Waals surface area contributed by atoms with Gasteiger partial charge in [0.15, 0.2) is 5.82 Å². The molecule has 4 aromatic rings. The Morgan fingerprint density at radius 3 is 2.47 bits per heavy atom. The lowest BCUT2D eigenvalue weighted by Crippen LogP contribution is -2.32. The third kappa shape index (κ3) is 4.85. The van der Waals surface area contributed by atoms with E-state index in [9.17, 15) is 22.8 Å². The molecule has 0 saturated heterocycles. The Balaban J connectivity index is 1.56. The first-order chi connectivity index (χ1) is 16.1. The average molecular weight is 470 g/mol. The van der Waals surface area contributed by atoms with Gasteiger partial charge in [-0.1, -0.05) is 49.3 Å². The molecule has 10 heteroatoms. The Morgan fingerprint density at radius 2 is 1.82 bits per heavy atom. The first kappa shape index (κ1) is 23.2. The summed E-state index contributed by atoms with van der Waals surface area (Å²) >= 11 is 0. The lowest BCUT2D eigenvalue weighted by Gasteiger charge is -2.13. The Hall–Kier alpha value is -3.95. The van der Waals surface area contributed by atoms with Gasteiger partial charge in [-0.05, 0) is 23.8 Å². The lowest BCUT2D eigenvalue weighted by atomic mass is 10.1. The molecule has 0 radical (unpaired) electrons. The van der Waals surface area contributed by atoms with E-state index in [0.29, 0.717) is 27.9 Å². The van der Waals surface area contributed by atoms with Crippen LogP contribution in [0.4, 0.5) is 13.2 Å². The number of aromatic nitrogens is 3. The van der Waals surface area contributed by atoms with Gasteiger partial charge >= 0.3 is 6.18 Å². The van der Waals surface area contributed by atoms with Crippen molar-refractivity contribution in [1.29, 1.82) is 0 Å². The van der Waals surface area contributed by atoms with Crippen LogP contribution < -0.4 is 10.9 Å². The van der Waals surface area contributed by atoms with E-state index in [0.717, 1.165) is 12.1 Å². The molecule has 176 valence electrons. The monoisotopic (exact) mass is 470 g/mol. The Bertz CT molecular complexity index is 1390. The summed E-state index contributed by atoms with van der Waals surface area (Å²) in [6.07, 6.45) is -4.42. The number of nitrogens with zero attached hydrogens (tertiary/aromatic N) is 3. The van der Waals surface area contributed by atoms with Crippen LogP contribution in [0.15, 0.2) is 63.9 Å². The van der Waals surface area contributed by atoms with Crippen molar-refractivity contribution in [2.24, 2.45) is 0 Å². The second-order valence-corrected chi connectivity index (χ2v) is 8.08. The van der Waals surface area contributed by atoms with E-state index in [1.165, 1.54) is 22.8 Å². The highest BCUT2D eigenvalue weighted by molar-refractivity contribution is 5.93. The number of carbonyl (C=O) groups excluding carboxylic acids is 1. The van der Waals surface area contributed by atoms with Crippen LogP contribution in [0.5, 0.6) is 0 Å². The predicted molar refractivity (Wildman–Crippen MR) is 119 cm³/mol. The Morgan fingerprint density at radius 1 is 1.12 bits per heavy atom. The van der Waals surface area contributed by atoms with Crippen LogP contribution in [0.2, 0.25) is 0 Å². The molecule has 0 fully saturated rings. The molecule has 2 heterocycles. The number of benzene rings is 2. The van der Waals surface area contributed by atoms with Crippen LogP contribution >= 0.6 is 0 Å². The summed E-state index contributed by atoms with van der Waals surface area (Å²) in [5.41, 5.74) is 0.303. The Labute approximate surface area is 192 Å². The van der Waals surface area contributed by atoms with E-state index in [-0.39, 0.29) is 24.9 Å². The summed E-state index contributed by atoms with van der Waals surface area (Å²) in [4.78, 5) is 29.8. The molecule has 1 amide bonds. The molecule has 0 atom stereocenters. The largest absolute Gasteiger partial charge is 0.416 e. The van der Waals surface area contributed by atoms with Gasteiger partial charge in [0, 0.05) is 23.9 Å². The number of hydrogen-bond acceptors (Lipinski definition) is 5. The fourth-order valence-electron chi connectivity index (χ4n) is 3.47. The number of halogens is 3. The first-order valence-electron chi connectivity index (χ1n) is 10.5. The molecule has 7 nitrogen and oxygen atoms in total. The van der Waals surface area contributed by atoms with Gasteiger partial charge in [-0.2, -0.15) is 18.2 Å². The maximum atomic E-state index is 12.9. The minimum atomic E-state index is -4.42. The number of alkyl halides is 3. The zero-order valence-corrected chi connectivity index (χ0v) is 18.4. The van der Waals surface area contributed by atoms with Crippen LogP contribution in [0.1, 0.15) is 36.7 Å². The molecule has 0 aliphatic heterocycles. The van der Waals surface area contributed by atoms with Crippen LogP contribution in [0.25, 0.3) is 22.4 Å². The van der Waals surface area contributed by atoms with E-state index in [2.05, 4.69) is 15.5 Å². The van der Waals surface area contributed by atoms with Gasteiger partial charge < -0.3 is 9.84 Å². The van der Waals surface area contributed by atoms with Crippen molar-refractivity contribution >= 4 is 16.8 Å². The molecule has 2 aromatic carbocycles. The molecule has 1 N–H and O–H groups in total. The molecule has 0 bridgehead atoms. The molecule has 0 saturated carbocycles. The van der Waals surface area contributed by atoms with Crippen LogP contribution in [0.3, 0.4) is 0 Å². The number of fused-ring (bicyclic) bond motifs is 1. The summed E-state index contributed by atoms with van der Waals surface area (Å²) in [6, 6.07) is 12.9. The summed E-state index contributed by atoms with van der Waals surface area (Å²) in [7, 11) is 0. The topological polar surface area (TPSA) is 90.0 Å². The maximum absolute atomic E-state index is 12.9. The zero-order valence-electron chi connectivity index (χ0n) is 18.4. The van der Waals surface area contributed by atoms with Gasteiger partial charge in [-0.15, -0.1) is 0 Å². The van der Waals surface area contributed by atoms with Crippen molar-refractivity contribution in [3.63, 3.8) is 0 Å². The molecule has 0 aliphatic carbocycles. The van der Waals surface area contributed by atoms with Crippen LogP contribution in [-0.2, 0) is 24.1 Å². The van der Waals surface area contributed by atoms with E-state index in [1.807, 2.05) is 13.8 Å². The van der Waals surface area contributed by atoms with E-state index in [4.69, 9.17) is 4.52 Å². The molecule has 0 unspecified atom stereocenters. The maximum Gasteiger partial charge on any atom is 0.416 e. The third-order valence-electron chi connectivity index (χ3n) is 5.28.